The van der Waals surface area contributed by atoms with Gasteiger partial charge in [0.15, 0.2) is 0 Å². The van der Waals surface area contributed by atoms with Crippen LogP contribution in [-0.4, -0.2) is 0 Å². The van der Waals surface area contributed by atoms with E-state index in [4.69, 9.17) is 0 Å². The summed E-state index contributed by atoms with van der Waals surface area (Å²) < 4.78 is 13.2. The van der Waals surface area contributed by atoms with Gasteiger partial charge in [-0.3, -0.25) is 0 Å². The second-order valence-corrected chi connectivity index (χ2v) is 3.22. The zero-order valence-corrected chi connectivity index (χ0v) is 8.01. The Kier molecular flexibility index (Phi) is 2.82. The Balaban J connectivity index is 3.04. The summed E-state index contributed by atoms with van der Waals surface area (Å²) in [5.74, 6) is -0.194. The molecule has 1 aromatic carbocycles. The van der Waals surface area contributed by atoms with E-state index in [1.165, 1.54) is 6.07 Å². The van der Waals surface area contributed by atoms with Crippen LogP contribution in [0.5, 0.6) is 0 Å². The minimum Gasteiger partial charge on any atom is -0.206 e. The zero-order chi connectivity index (χ0) is 7.56. The standard InChI is InChI=1S/C7H7BrFP/c8-6-2-1-5(4-10)3-7(6)9/h1-3H,4,10H2. The van der Waals surface area contributed by atoms with Gasteiger partial charge in [0.1, 0.15) is 5.82 Å². The molecule has 0 saturated carbocycles. The van der Waals surface area contributed by atoms with Crippen molar-refractivity contribution in [1.29, 1.82) is 0 Å². The fourth-order valence-corrected chi connectivity index (χ4v) is 1.17. The van der Waals surface area contributed by atoms with Crippen LogP contribution < -0.4 is 0 Å². The molecule has 0 radical (unpaired) electrons. The molecule has 54 valence electrons. The number of hydrogen-bond acceptors (Lipinski definition) is 0. The molecule has 0 nitrogen and oxygen atoms in total. The summed E-state index contributed by atoms with van der Waals surface area (Å²) in [5, 5.41) is 0. The molecule has 0 saturated heterocycles. The van der Waals surface area contributed by atoms with Crippen LogP contribution in [0.3, 0.4) is 0 Å². The van der Waals surface area contributed by atoms with E-state index in [9.17, 15) is 4.39 Å². The van der Waals surface area contributed by atoms with E-state index in [1.54, 1.807) is 6.07 Å². The Morgan fingerprint density at radius 1 is 1.50 bits per heavy atom. The molecule has 0 heterocycles. The lowest BCUT2D eigenvalue weighted by molar-refractivity contribution is 0.620. The third kappa shape index (κ3) is 1.77. The number of halogens is 2. The van der Waals surface area contributed by atoms with Gasteiger partial charge in [0.25, 0.3) is 0 Å². The third-order valence-electron chi connectivity index (χ3n) is 1.22. The van der Waals surface area contributed by atoms with Crippen molar-refractivity contribution in [3.63, 3.8) is 0 Å². The highest BCUT2D eigenvalue weighted by Gasteiger charge is 1.97. The van der Waals surface area contributed by atoms with E-state index >= 15 is 0 Å². The van der Waals surface area contributed by atoms with E-state index in [0.717, 1.165) is 11.7 Å². The number of rotatable bonds is 1. The number of benzene rings is 1. The van der Waals surface area contributed by atoms with Gasteiger partial charge in [-0.1, -0.05) is 6.07 Å². The highest BCUT2D eigenvalue weighted by atomic mass is 79.9. The molecule has 0 amide bonds. The Morgan fingerprint density at radius 2 is 2.20 bits per heavy atom. The monoisotopic (exact) mass is 220 g/mol. The molecule has 1 rings (SSSR count). The van der Waals surface area contributed by atoms with Crippen LogP contribution in [-0.2, 0) is 6.16 Å². The average molecular weight is 221 g/mol. The maximum atomic E-state index is 12.7. The van der Waals surface area contributed by atoms with E-state index < -0.39 is 0 Å². The fraction of sp³-hybridized carbons (Fsp3) is 0.143. The predicted molar refractivity (Wildman–Crippen MR) is 47.5 cm³/mol. The van der Waals surface area contributed by atoms with Crippen LogP contribution >= 0.6 is 25.2 Å². The topological polar surface area (TPSA) is 0 Å². The van der Waals surface area contributed by atoms with Gasteiger partial charge in [0.2, 0.25) is 0 Å². The van der Waals surface area contributed by atoms with Gasteiger partial charge in [-0.15, -0.1) is 9.24 Å². The molecule has 1 atom stereocenters. The van der Waals surface area contributed by atoms with Crippen molar-refractivity contribution in [3.05, 3.63) is 34.1 Å². The zero-order valence-electron chi connectivity index (χ0n) is 5.27. The minimum atomic E-state index is -0.194. The van der Waals surface area contributed by atoms with E-state index in [2.05, 4.69) is 25.2 Å². The first-order valence-corrected chi connectivity index (χ1v) is 4.49. The molecule has 0 fully saturated rings. The second kappa shape index (κ2) is 3.45. The normalized spacial score (nSPS) is 9.90. The summed E-state index contributed by atoms with van der Waals surface area (Å²) in [6.45, 7) is 0. The predicted octanol–water partition coefficient (Wildman–Crippen LogP) is 2.96. The molecular weight excluding hydrogens is 214 g/mol. The van der Waals surface area contributed by atoms with Gasteiger partial charge in [-0.05, 0) is 39.8 Å². The summed E-state index contributed by atoms with van der Waals surface area (Å²) in [7, 11) is 2.55. The van der Waals surface area contributed by atoms with E-state index in [-0.39, 0.29) is 5.82 Å². The maximum absolute atomic E-state index is 12.7. The molecule has 10 heavy (non-hydrogen) atoms. The Bertz CT molecular complexity index is 237. The summed E-state index contributed by atoms with van der Waals surface area (Å²) in [6.07, 6.45) is 0.796. The van der Waals surface area contributed by atoms with Gasteiger partial charge in [0, 0.05) is 0 Å². The first kappa shape index (κ1) is 8.16. The quantitative estimate of drug-likeness (QED) is 0.639. The smallest absolute Gasteiger partial charge is 0.137 e. The molecular formula is C7H7BrFP. The van der Waals surface area contributed by atoms with Crippen LogP contribution in [0.25, 0.3) is 0 Å². The lowest BCUT2D eigenvalue weighted by atomic mass is 10.2. The first-order valence-electron chi connectivity index (χ1n) is 2.88. The Hall–Kier alpha value is 0.0600. The molecule has 0 aliphatic carbocycles. The molecule has 1 unspecified atom stereocenters. The highest BCUT2D eigenvalue weighted by molar-refractivity contribution is 9.10. The largest absolute Gasteiger partial charge is 0.206 e. The Morgan fingerprint density at radius 3 is 2.70 bits per heavy atom. The van der Waals surface area contributed by atoms with Crippen LogP contribution in [0, 0.1) is 5.82 Å². The van der Waals surface area contributed by atoms with Crippen LogP contribution in [0.15, 0.2) is 22.7 Å². The van der Waals surface area contributed by atoms with E-state index in [0.29, 0.717) is 4.47 Å². The molecule has 0 N–H and O–H groups in total. The van der Waals surface area contributed by atoms with Crippen molar-refractivity contribution in [2.24, 2.45) is 0 Å². The highest BCUT2D eigenvalue weighted by Crippen LogP contribution is 2.17. The lowest BCUT2D eigenvalue weighted by Gasteiger charge is -1.96. The van der Waals surface area contributed by atoms with Crippen molar-refractivity contribution >= 4 is 25.2 Å². The summed E-state index contributed by atoms with van der Waals surface area (Å²) in [4.78, 5) is 0. The molecule has 0 aliphatic rings. The van der Waals surface area contributed by atoms with Gasteiger partial charge < -0.3 is 0 Å². The van der Waals surface area contributed by atoms with Gasteiger partial charge in [-0.25, -0.2) is 4.39 Å². The van der Waals surface area contributed by atoms with Gasteiger partial charge >= 0.3 is 0 Å². The van der Waals surface area contributed by atoms with Crippen LogP contribution in [0.1, 0.15) is 5.56 Å². The van der Waals surface area contributed by atoms with Gasteiger partial charge in [0.05, 0.1) is 4.47 Å². The van der Waals surface area contributed by atoms with E-state index in [1.807, 2.05) is 6.07 Å². The van der Waals surface area contributed by atoms with Gasteiger partial charge in [-0.2, -0.15) is 0 Å². The minimum absolute atomic E-state index is 0.194. The SMILES string of the molecule is Fc1cc(CP)ccc1Br. The van der Waals surface area contributed by atoms with Crippen molar-refractivity contribution < 1.29 is 4.39 Å². The Labute approximate surface area is 70.2 Å². The molecule has 3 heteroatoms. The summed E-state index contributed by atoms with van der Waals surface area (Å²) >= 11 is 3.08. The number of hydrogen-bond donors (Lipinski definition) is 0. The van der Waals surface area contributed by atoms with Crippen LogP contribution in [0.4, 0.5) is 4.39 Å². The van der Waals surface area contributed by atoms with Crippen molar-refractivity contribution in [2.75, 3.05) is 0 Å². The lowest BCUT2D eigenvalue weighted by Crippen LogP contribution is -1.80. The molecule has 0 aliphatic heterocycles. The fourth-order valence-electron chi connectivity index (χ4n) is 0.667. The van der Waals surface area contributed by atoms with Crippen molar-refractivity contribution in [1.82, 2.24) is 0 Å². The molecule has 0 spiro atoms. The first-order chi connectivity index (χ1) is 4.74. The van der Waals surface area contributed by atoms with Crippen LogP contribution in [0.2, 0.25) is 0 Å². The summed E-state index contributed by atoms with van der Waals surface area (Å²) in [5.41, 5.74) is 0.991. The summed E-state index contributed by atoms with van der Waals surface area (Å²) in [6, 6.07) is 5.13. The van der Waals surface area contributed by atoms with Crippen molar-refractivity contribution in [3.8, 4) is 0 Å². The van der Waals surface area contributed by atoms with Crippen molar-refractivity contribution in [2.45, 2.75) is 6.16 Å². The average Bonchev–Trinajstić information content (AvgIpc) is 1.95. The second-order valence-electron chi connectivity index (χ2n) is 1.95. The third-order valence-corrected chi connectivity index (χ3v) is 2.33. The molecule has 1 aromatic rings. The molecule has 0 bridgehead atoms. The molecule has 0 aromatic heterocycles. The maximum Gasteiger partial charge on any atom is 0.137 e.